The lowest BCUT2D eigenvalue weighted by Gasteiger charge is -2.08. The summed E-state index contributed by atoms with van der Waals surface area (Å²) in [6, 6.07) is 9.67. The molecule has 0 bridgehead atoms. The number of hydrogen-bond acceptors (Lipinski definition) is 4. The fourth-order valence-corrected chi connectivity index (χ4v) is 1.64. The SMILES string of the molecule is CC(=O)c1ccc(OCC(=O)NNC(=O)c2ccc[nH]2)cc1. The van der Waals surface area contributed by atoms with Gasteiger partial charge in [0.1, 0.15) is 11.4 Å². The van der Waals surface area contributed by atoms with Gasteiger partial charge in [-0.15, -0.1) is 0 Å². The zero-order valence-electron chi connectivity index (χ0n) is 11.9. The molecule has 0 spiro atoms. The summed E-state index contributed by atoms with van der Waals surface area (Å²) < 4.78 is 5.24. The molecule has 7 heteroatoms. The Bertz CT molecular complexity index is 663. The molecule has 0 aliphatic rings. The molecule has 2 amide bonds. The molecule has 114 valence electrons. The van der Waals surface area contributed by atoms with Crippen molar-refractivity contribution in [3.8, 4) is 5.75 Å². The van der Waals surface area contributed by atoms with Crippen LogP contribution in [0.1, 0.15) is 27.8 Å². The van der Waals surface area contributed by atoms with Crippen molar-refractivity contribution in [1.82, 2.24) is 15.8 Å². The highest BCUT2D eigenvalue weighted by atomic mass is 16.5. The van der Waals surface area contributed by atoms with E-state index in [2.05, 4.69) is 15.8 Å². The highest BCUT2D eigenvalue weighted by Gasteiger charge is 2.08. The number of carbonyl (C=O) groups is 3. The van der Waals surface area contributed by atoms with Crippen molar-refractivity contribution in [3.63, 3.8) is 0 Å². The zero-order chi connectivity index (χ0) is 15.9. The quantitative estimate of drug-likeness (QED) is 0.568. The van der Waals surface area contributed by atoms with Gasteiger partial charge in [0, 0.05) is 11.8 Å². The smallest absolute Gasteiger partial charge is 0.286 e. The van der Waals surface area contributed by atoms with Crippen molar-refractivity contribution in [2.24, 2.45) is 0 Å². The lowest BCUT2D eigenvalue weighted by molar-refractivity contribution is -0.123. The zero-order valence-corrected chi connectivity index (χ0v) is 11.9. The molecule has 7 nitrogen and oxygen atoms in total. The summed E-state index contributed by atoms with van der Waals surface area (Å²) in [4.78, 5) is 36.9. The minimum Gasteiger partial charge on any atom is -0.484 e. The Morgan fingerprint density at radius 2 is 1.82 bits per heavy atom. The van der Waals surface area contributed by atoms with Crippen LogP contribution in [0.2, 0.25) is 0 Å². The van der Waals surface area contributed by atoms with Crippen molar-refractivity contribution in [2.45, 2.75) is 6.92 Å². The number of hydrazine groups is 1. The summed E-state index contributed by atoms with van der Waals surface area (Å²) in [5, 5.41) is 0. The Kier molecular flexibility index (Phi) is 4.92. The standard InChI is InChI=1S/C15H15N3O4/c1-10(19)11-4-6-12(7-5-11)22-9-14(20)17-18-15(21)13-3-2-8-16-13/h2-8,16H,9H2,1H3,(H,17,20)(H,18,21). The Hall–Kier alpha value is -3.09. The fraction of sp³-hybridized carbons (Fsp3) is 0.133. The molecule has 0 fully saturated rings. The minimum absolute atomic E-state index is 0.0451. The fourth-order valence-electron chi connectivity index (χ4n) is 1.64. The first-order valence-electron chi connectivity index (χ1n) is 6.52. The van der Waals surface area contributed by atoms with Gasteiger partial charge in [-0.3, -0.25) is 25.2 Å². The van der Waals surface area contributed by atoms with Crippen LogP contribution < -0.4 is 15.6 Å². The molecule has 2 rings (SSSR count). The first-order valence-corrected chi connectivity index (χ1v) is 6.52. The number of rotatable bonds is 5. The molecular weight excluding hydrogens is 286 g/mol. The van der Waals surface area contributed by atoms with E-state index in [9.17, 15) is 14.4 Å². The molecule has 0 unspecified atom stereocenters. The lowest BCUT2D eigenvalue weighted by atomic mass is 10.1. The van der Waals surface area contributed by atoms with Crippen LogP contribution in [-0.2, 0) is 4.79 Å². The van der Waals surface area contributed by atoms with Gasteiger partial charge in [0.15, 0.2) is 12.4 Å². The number of ether oxygens (including phenoxy) is 1. The summed E-state index contributed by atoms with van der Waals surface area (Å²) in [5.74, 6) is -0.549. The second-order valence-corrected chi connectivity index (χ2v) is 4.46. The van der Waals surface area contributed by atoms with Crippen LogP contribution in [0.15, 0.2) is 42.6 Å². The number of H-pyrrole nitrogens is 1. The predicted octanol–water partition coefficient (Wildman–Crippen LogP) is 1.06. The van der Waals surface area contributed by atoms with Crippen LogP contribution in [0, 0.1) is 0 Å². The van der Waals surface area contributed by atoms with Crippen molar-refractivity contribution < 1.29 is 19.1 Å². The Morgan fingerprint density at radius 1 is 1.09 bits per heavy atom. The maximum atomic E-state index is 11.6. The van der Waals surface area contributed by atoms with E-state index in [-0.39, 0.29) is 12.4 Å². The van der Waals surface area contributed by atoms with Crippen LogP contribution in [0.4, 0.5) is 0 Å². The summed E-state index contributed by atoms with van der Waals surface area (Å²) in [6.45, 7) is 1.21. The summed E-state index contributed by atoms with van der Waals surface area (Å²) >= 11 is 0. The third kappa shape index (κ3) is 4.20. The van der Waals surface area contributed by atoms with Gasteiger partial charge in [0.05, 0.1) is 0 Å². The van der Waals surface area contributed by atoms with Crippen LogP contribution in [0.5, 0.6) is 5.75 Å². The number of ketones is 1. The van der Waals surface area contributed by atoms with Gasteiger partial charge in [-0.05, 0) is 43.3 Å². The number of aromatic nitrogens is 1. The summed E-state index contributed by atoms with van der Waals surface area (Å²) in [7, 11) is 0. The highest BCUT2D eigenvalue weighted by molar-refractivity contribution is 5.94. The number of benzene rings is 1. The Balaban J connectivity index is 1.75. The average molecular weight is 301 g/mol. The first-order chi connectivity index (χ1) is 10.6. The van der Waals surface area contributed by atoms with E-state index in [1.807, 2.05) is 0 Å². The van der Waals surface area contributed by atoms with Crippen LogP contribution in [-0.4, -0.2) is 29.2 Å². The topological polar surface area (TPSA) is 100 Å². The molecule has 0 saturated heterocycles. The largest absolute Gasteiger partial charge is 0.484 e. The van der Waals surface area contributed by atoms with Crippen molar-refractivity contribution in [3.05, 3.63) is 53.9 Å². The molecule has 22 heavy (non-hydrogen) atoms. The molecule has 1 aromatic carbocycles. The van der Waals surface area contributed by atoms with Gasteiger partial charge >= 0.3 is 0 Å². The van der Waals surface area contributed by atoms with E-state index in [1.54, 1.807) is 42.6 Å². The van der Waals surface area contributed by atoms with Crippen molar-refractivity contribution in [1.29, 1.82) is 0 Å². The summed E-state index contributed by atoms with van der Waals surface area (Å²) in [6.07, 6.45) is 1.60. The molecule has 3 N–H and O–H groups in total. The monoisotopic (exact) mass is 301 g/mol. The normalized spacial score (nSPS) is 9.86. The Labute approximate surface area is 126 Å². The van der Waals surface area contributed by atoms with E-state index in [0.717, 1.165) is 0 Å². The summed E-state index contributed by atoms with van der Waals surface area (Å²) in [5.41, 5.74) is 5.38. The van der Waals surface area contributed by atoms with Gasteiger partial charge < -0.3 is 9.72 Å². The lowest BCUT2D eigenvalue weighted by Crippen LogP contribution is -2.43. The second-order valence-electron chi connectivity index (χ2n) is 4.46. The van der Waals surface area contributed by atoms with Crippen molar-refractivity contribution >= 4 is 17.6 Å². The van der Waals surface area contributed by atoms with Crippen LogP contribution in [0.3, 0.4) is 0 Å². The van der Waals surface area contributed by atoms with Gasteiger partial charge in [-0.1, -0.05) is 0 Å². The number of hydrogen-bond donors (Lipinski definition) is 3. The molecule has 0 aliphatic heterocycles. The van der Waals surface area contributed by atoms with E-state index in [0.29, 0.717) is 17.0 Å². The molecule has 2 aromatic rings. The average Bonchev–Trinajstić information content (AvgIpc) is 3.05. The molecule has 0 radical (unpaired) electrons. The molecule has 1 heterocycles. The number of aromatic amines is 1. The molecule has 1 aromatic heterocycles. The van der Waals surface area contributed by atoms with Gasteiger partial charge in [0.25, 0.3) is 11.8 Å². The molecule has 0 aliphatic carbocycles. The third-order valence-electron chi connectivity index (χ3n) is 2.79. The predicted molar refractivity (Wildman–Crippen MR) is 78.3 cm³/mol. The van der Waals surface area contributed by atoms with Gasteiger partial charge in [-0.25, -0.2) is 0 Å². The van der Waals surface area contributed by atoms with E-state index < -0.39 is 11.8 Å². The molecular formula is C15H15N3O4. The maximum absolute atomic E-state index is 11.6. The van der Waals surface area contributed by atoms with E-state index in [4.69, 9.17) is 4.74 Å². The number of nitrogens with one attached hydrogen (secondary N) is 3. The third-order valence-corrected chi connectivity index (χ3v) is 2.79. The molecule has 0 atom stereocenters. The number of Topliss-reactive ketones (excluding diaryl/α,β-unsaturated/α-hetero) is 1. The number of carbonyl (C=O) groups excluding carboxylic acids is 3. The van der Waals surface area contributed by atoms with Crippen LogP contribution in [0.25, 0.3) is 0 Å². The van der Waals surface area contributed by atoms with E-state index >= 15 is 0 Å². The Morgan fingerprint density at radius 3 is 2.41 bits per heavy atom. The van der Waals surface area contributed by atoms with Crippen LogP contribution >= 0.6 is 0 Å². The van der Waals surface area contributed by atoms with E-state index in [1.165, 1.54) is 6.92 Å². The van der Waals surface area contributed by atoms with Gasteiger partial charge in [-0.2, -0.15) is 0 Å². The second kappa shape index (κ2) is 7.07. The van der Waals surface area contributed by atoms with Gasteiger partial charge in [0.2, 0.25) is 0 Å². The number of amides is 2. The molecule has 0 saturated carbocycles. The first kappa shape index (κ1) is 15.3. The minimum atomic E-state index is -0.504. The maximum Gasteiger partial charge on any atom is 0.286 e. The highest BCUT2D eigenvalue weighted by Crippen LogP contribution is 2.12. The van der Waals surface area contributed by atoms with Crippen molar-refractivity contribution in [2.75, 3.05) is 6.61 Å².